The SMILES string of the molecule is c1ccc(-c2ccc(Nc3cccc(-c4ccc5ccccc5c4)c3)c3ccccc23)cc1. The summed E-state index contributed by atoms with van der Waals surface area (Å²) in [5, 5.41) is 8.66. The summed E-state index contributed by atoms with van der Waals surface area (Å²) in [5.41, 5.74) is 7.11. The highest BCUT2D eigenvalue weighted by molar-refractivity contribution is 6.04. The van der Waals surface area contributed by atoms with Crippen molar-refractivity contribution < 1.29 is 0 Å². The fraction of sp³-hybridized carbons (Fsp3) is 0. The molecular weight excluding hydrogens is 398 g/mol. The zero-order valence-corrected chi connectivity index (χ0v) is 18.2. The Kier molecular flexibility index (Phi) is 4.86. The molecule has 33 heavy (non-hydrogen) atoms. The molecule has 0 aromatic heterocycles. The number of hydrogen-bond acceptors (Lipinski definition) is 1. The lowest BCUT2D eigenvalue weighted by Gasteiger charge is -2.14. The lowest BCUT2D eigenvalue weighted by Crippen LogP contribution is -1.93. The van der Waals surface area contributed by atoms with Crippen molar-refractivity contribution in [2.75, 3.05) is 5.32 Å². The molecule has 156 valence electrons. The normalized spacial score (nSPS) is 11.0. The topological polar surface area (TPSA) is 12.0 Å². The third kappa shape index (κ3) is 3.75. The monoisotopic (exact) mass is 421 g/mol. The van der Waals surface area contributed by atoms with Gasteiger partial charge in [-0.3, -0.25) is 0 Å². The van der Waals surface area contributed by atoms with Gasteiger partial charge in [0, 0.05) is 16.8 Å². The smallest absolute Gasteiger partial charge is 0.0464 e. The minimum Gasteiger partial charge on any atom is -0.355 e. The number of rotatable bonds is 4. The van der Waals surface area contributed by atoms with Gasteiger partial charge in [0.15, 0.2) is 0 Å². The fourth-order valence-electron chi connectivity index (χ4n) is 4.58. The van der Waals surface area contributed by atoms with Gasteiger partial charge in [0.25, 0.3) is 0 Å². The van der Waals surface area contributed by atoms with Gasteiger partial charge < -0.3 is 5.32 Å². The minimum absolute atomic E-state index is 1.08. The van der Waals surface area contributed by atoms with E-state index >= 15 is 0 Å². The second kappa shape index (κ2) is 8.29. The molecule has 0 heterocycles. The van der Waals surface area contributed by atoms with Gasteiger partial charge in [0.1, 0.15) is 0 Å². The molecule has 0 unspecified atom stereocenters. The van der Waals surface area contributed by atoms with Crippen LogP contribution in [0.5, 0.6) is 0 Å². The van der Waals surface area contributed by atoms with E-state index in [-0.39, 0.29) is 0 Å². The summed E-state index contributed by atoms with van der Waals surface area (Å²) >= 11 is 0. The Morgan fingerprint density at radius 2 is 1.09 bits per heavy atom. The molecule has 0 amide bonds. The van der Waals surface area contributed by atoms with Crippen molar-refractivity contribution in [3.05, 3.63) is 133 Å². The van der Waals surface area contributed by atoms with Crippen molar-refractivity contribution in [1.82, 2.24) is 0 Å². The van der Waals surface area contributed by atoms with E-state index in [0.29, 0.717) is 0 Å². The average Bonchev–Trinajstić information content (AvgIpc) is 2.89. The van der Waals surface area contributed by atoms with E-state index in [1.807, 2.05) is 0 Å². The average molecular weight is 422 g/mol. The van der Waals surface area contributed by atoms with Gasteiger partial charge in [0.05, 0.1) is 0 Å². The number of anilines is 2. The molecule has 0 bridgehead atoms. The first-order valence-corrected chi connectivity index (χ1v) is 11.3. The van der Waals surface area contributed by atoms with E-state index < -0.39 is 0 Å². The minimum atomic E-state index is 1.08. The Labute approximate surface area is 194 Å². The van der Waals surface area contributed by atoms with Crippen molar-refractivity contribution in [3.8, 4) is 22.3 Å². The molecular formula is C32H23N. The van der Waals surface area contributed by atoms with Crippen molar-refractivity contribution in [2.45, 2.75) is 0 Å². The highest BCUT2D eigenvalue weighted by Crippen LogP contribution is 2.35. The Hall–Kier alpha value is -4.36. The third-order valence-corrected chi connectivity index (χ3v) is 6.23. The van der Waals surface area contributed by atoms with Crippen LogP contribution < -0.4 is 5.32 Å². The molecule has 0 aliphatic carbocycles. The summed E-state index contributed by atoms with van der Waals surface area (Å²) in [7, 11) is 0. The molecule has 0 spiro atoms. The predicted octanol–water partition coefficient (Wildman–Crippen LogP) is 9.07. The molecule has 1 heteroatoms. The number of nitrogens with one attached hydrogen (secondary N) is 1. The van der Waals surface area contributed by atoms with Gasteiger partial charge in [-0.15, -0.1) is 0 Å². The maximum atomic E-state index is 3.67. The van der Waals surface area contributed by atoms with Crippen LogP contribution in [0.4, 0.5) is 11.4 Å². The molecule has 0 aliphatic heterocycles. The number of fused-ring (bicyclic) bond motifs is 2. The summed E-state index contributed by atoms with van der Waals surface area (Å²) in [6, 6.07) is 47.4. The van der Waals surface area contributed by atoms with Crippen LogP contribution in [0.15, 0.2) is 133 Å². The van der Waals surface area contributed by atoms with Gasteiger partial charge in [-0.05, 0) is 62.7 Å². The number of hydrogen-bond donors (Lipinski definition) is 1. The largest absolute Gasteiger partial charge is 0.355 e. The van der Waals surface area contributed by atoms with E-state index in [2.05, 4.69) is 139 Å². The van der Waals surface area contributed by atoms with Crippen LogP contribution in [0.25, 0.3) is 43.8 Å². The van der Waals surface area contributed by atoms with Crippen molar-refractivity contribution in [3.63, 3.8) is 0 Å². The summed E-state index contributed by atoms with van der Waals surface area (Å²) in [6.45, 7) is 0. The summed E-state index contributed by atoms with van der Waals surface area (Å²) in [4.78, 5) is 0. The molecule has 6 aromatic rings. The molecule has 0 aliphatic rings. The quantitative estimate of drug-likeness (QED) is 0.299. The van der Waals surface area contributed by atoms with Crippen LogP contribution in [-0.4, -0.2) is 0 Å². The van der Waals surface area contributed by atoms with Crippen LogP contribution in [0.2, 0.25) is 0 Å². The summed E-state index contributed by atoms with van der Waals surface area (Å²) in [6.07, 6.45) is 0. The first-order valence-electron chi connectivity index (χ1n) is 11.3. The molecule has 1 nitrogen and oxygen atoms in total. The van der Waals surface area contributed by atoms with Gasteiger partial charge in [-0.25, -0.2) is 0 Å². The maximum Gasteiger partial charge on any atom is 0.0464 e. The van der Waals surface area contributed by atoms with Crippen molar-refractivity contribution >= 4 is 32.9 Å². The van der Waals surface area contributed by atoms with E-state index in [4.69, 9.17) is 0 Å². The summed E-state index contributed by atoms with van der Waals surface area (Å²) in [5.74, 6) is 0. The van der Waals surface area contributed by atoms with Crippen molar-refractivity contribution in [2.24, 2.45) is 0 Å². The Morgan fingerprint density at radius 3 is 1.97 bits per heavy atom. The molecule has 0 saturated heterocycles. The Bertz CT molecular complexity index is 1580. The first-order chi connectivity index (χ1) is 16.3. The van der Waals surface area contributed by atoms with Gasteiger partial charge in [0.2, 0.25) is 0 Å². The molecule has 6 aromatic carbocycles. The zero-order valence-electron chi connectivity index (χ0n) is 18.2. The molecule has 0 fully saturated rings. The lowest BCUT2D eigenvalue weighted by atomic mass is 9.97. The fourth-order valence-corrected chi connectivity index (χ4v) is 4.58. The maximum absolute atomic E-state index is 3.67. The zero-order chi connectivity index (χ0) is 22.0. The van der Waals surface area contributed by atoms with Crippen LogP contribution in [0.3, 0.4) is 0 Å². The second-order valence-electron chi connectivity index (χ2n) is 8.34. The van der Waals surface area contributed by atoms with Gasteiger partial charge in [-0.2, -0.15) is 0 Å². The van der Waals surface area contributed by atoms with Crippen LogP contribution in [0.1, 0.15) is 0 Å². The summed E-state index contributed by atoms with van der Waals surface area (Å²) < 4.78 is 0. The van der Waals surface area contributed by atoms with E-state index in [1.54, 1.807) is 0 Å². The van der Waals surface area contributed by atoms with E-state index in [0.717, 1.165) is 11.4 Å². The molecule has 0 radical (unpaired) electrons. The molecule has 0 saturated carbocycles. The Morgan fingerprint density at radius 1 is 0.394 bits per heavy atom. The first kappa shape index (κ1) is 19.3. The second-order valence-corrected chi connectivity index (χ2v) is 8.34. The van der Waals surface area contributed by atoms with Crippen LogP contribution >= 0.6 is 0 Å². The van der Waals surface area contributed by atoms with E-state index in [9.17, 15) is 0 Å². The Balaban J connectivity index is 1.38. The highest BCUT2D eigenvalue weighted by Gasteiger charge is 2.08. The van der Waals surface area contributed by atoms with Crippen LogP contribution in [0, 0.1) is 0 Å². The lowest BCUT2D eigenvalue weighted by molar-refractivity contribution is 1.56. The predicted molar refractivity (Wildman–Crippen MR) is 142 cm³/mol. The molecule has 6 rings (SSSR count). The third-order valence-electron chi connectivity index (χ3n) is 6.23. The molecule has 0 atom stereocenters. The molecule has 1 N–H and O–H groups in total. The van der Waals surface area contributed by atoms with Gasteiger partial charge >= 0.3 is 0 Å². The standard InChI is InChI=1S/C32H23N/c1-2-10-24(11-3-1)29-19-20-32(31-16-7-6-15-30(29)31)33-28-14-8-13-26(22-28)27-18-17-23-9-4-5-12-25(23)21-27/h1-22,33H. The number of benzene rings is 6. The van der Waals surface area contributed by atoms with E-state index in [1.165, 1.54) is 43.8 Å². The highest BCUT2D eigenvalue weighted by atomic mass is 14.9. The van der Waals surface area contributed by atoms with Gasteiger partial charge in [-0.1, -0.05) is 109 Å². The van der Waals surface area contributed by atoms with Crippen LogP contribution in [-0.2, 0) is 0 Å². The van der Waals surface area contributed by atoms with Crippen molar-refractivity contribution in [1.29, 1.82) is 0 Å².